The van der Waals surface area contributed by atoms with Gasteiger partial charge in [0.2, 0.25) is 5.95 Å². The summed E-state index contributed by atoms with van der Waals surface area (Å²) in [5, 5.41) is 11.5. The number of aromatic amines is 1. The van der Waals surface area contributed by atoms with Crippen molar-refractivity contribution in [2.45, 2.75) is 12.6 Å². The number of aromatic nitrogens is 4. The molecule has 0 saturated carbocycles. The zero-order valence-corrected chi connectivity index (χ0v) is 19.2. The molecule has 2 aromatic heterocycles. The van der Waals surface area contributed by atoms with E-state index in [1.807, 2.05) is 11.9 Å². The fraction of sp³-hybridized carbons (Fsp3) is 0.450. The minimum atomic E-state index is -0.970. The summed E-state index contributed by atoms with van der Waals surface area (Å²) < 4.78 is 8.60. The molecule has 32 heavy (non-hydrogen) atoms. The number of imidazole rings is 1. The Morgan fingerprint density at radius 1 is 1.19 bits per heavy atom. The molecule has 3 aromatic rings. The van der Waals surface area contributed by atoms with Crippen LogP contribution >= 0.6 is 23.2 Å². The van der Waals surface area contributed by atoms with E-state index >= 15 is 0 Å². The van der Waals surface area contributed by atoms with Crippen LogP contribution in [0.3, 0.4) is 0 Å². The van der Waals surface area contributed by atoms with Gasteiger partial charge in [-0.3, -0.25) is 14.3 Å². The van der Waals surface area contributed by atoms with E-state index in [-0.39, 0.29) is 24.3 Å². The molecule has 0 aliphatic carbocycles. The largest absolute Gasteiger partial charge is 0.489 e. The summed E-state index contributed by atoms with van der Waals surface area (Å²) in [5.41, 5.74) is -0.602. The summed E-state index contributed by atoms with van der Waals surface area (Å²) in [6, 6.07) is 4.82. The summed E-state index contributed by atoms with van der Waals surface area (Å²) in [6.45, 7) is 3.06. The first-order chi connectivity index (χ1) is 15.2. The summed E-state index contributed by atoms with van der Waals surface area (Å²) in [4.78, 5) is 35.9. The number of nitrogens with zero attached hydrogens (tertiary/aromatic N) is 5. The van der Waals surface area contributed by atoms with E-state index in [1.165, 1.54) is 4.57 Å². The van der Waals surface area contributed by atoms with Crippen LogP contribution in [0.4, 0.5) is 5.95 Å². The van der Waals surface area contributed by atoms with Gasteiger partial charge in [0.15, 0.2) is 11.2 Å². The monoisotopic (exact) mass is 482 g/mol. The van der Waals surface area contributed by atoms with E-state index in [4.69, 9.17) is 27.9 Å². The van der Waals surface area contributed by atoms with E-state index in [2.05, 4.69) is 14.9 Å². The van der Waals surface area contributed by atoms with E-state index < -0.39 is 17.4 Å². The van der Waals surface area contributed by atoms with Crippen molar-refractivity contribution in [2.24, 2.45) is 7.05 Å². The first kappa shape index (κ1) is 22.7. The Balaban J connectivity index is 1.65. The lowest BCUT2D eigenvalue weighted by molar-refractivity contribution is 0.0936. The molecule has 1 saturated heterocycles. The maximum absolute atomic E-state index is 12.7. The molecule has 1 fully saturated rings. The number of fused-ring (bicyclic) bond motifs is 1. The molecule has 0 radical (unpaired) electrons. The molecule has 0 unspecified atom stereocenters. The van der Waals surface area contributed by atoms with Crippen molar-refractivity contribution in [1.82, 2.24) is 24.0 Å². The summed E-state index contributed by atoms with van der Waals surface area (Å²) in [6.07, 6.45) is -0.970. The number of aryl methyl sites for hydroxylation is 1. The first-order valence-corrected chi connectivity index (χ1v) is 10.9. The number of piperazine rings is 1. The SMILES string of the molecule is CN1CCN(c2nc3c(c(=O)[nH]c(=O)n3C)n2C[C@@H](O)COc2ccc(Cl)cc2Cl)CC1. The average molecular weight is 483 g/mol. The number of nitrogens with one attached hydrogen (secondary N) is 1. The minimum absolute atomic E-state index is 0.0463. The van der Waals surface area contributed by atoms with Gasteiger partial charge in [0, 0.05) is 38.2 Å². The molecule has 172 valence electrons. The number of aliphatic hydroxyl groups excluding tert-OH is 1. The highest BCUT2D eigenvalue weighted by molar-refractivity contribution is 6.35. The van der Waals surface area contributed by atoms with Gasteiger partial charge in [-0.1, -0.05) is 23.2 Å². The fourth-order valence-corrected chi connectivity index (χ4v) is 4.15. The molecule has 10 nitrogen and oxygen atoms in total. The Morgan fingerprint density at radius 2 is 1.91 bits per heavy atom. The second kappa shape index (κ2) is 9.14. The fourth-order valence-electron chi connectivity index (χ4n) is 3.69. The van der Waals surface area contributed by atoms with Gasteiger partial charge in [-0.25, -0.2) is 4.79 Å². The molecule has 1 aliphatic rings. The lowest BCUT2D eigenvalue weighted by Crippen LogP contribution is -2.45. The second-order valence-corrected chi connectivity index (χ2v) is 8.69. The number of H-pyrrole nitrogens is 1. The molecular formula is C20H24Cl2N6O4. The number of ether oxygens (including phenoxy) is 1. The van der Waals surface area contributed by atoms with Gasteiger partial charge in [-0.15, -0.1) is 0 Å². The molecule has 1 aliphatic heterocycles. The predicted octanol–water partition coefficient (Wildman–Crippen LogP) is 0.922. The van der Waals surface area contributed by atoms with E-state index in [0.717, 1.165) is 13.1 Å². The van der Waals surface area contributed by atoms with Crippen molar-refractivity contribution in [1.29, 1.82) is 0 Å². The molecule has 12 heteroatoms. The highest BCUT2D eigenvalue weighted by Crippen LogP contribution is 2.28. The van der Waals surface area contributed by atoms with Gasteiger partial charge in [-0.05, 0) is 25.2 Å². The number of hydrogen-bond donors (Lipinski definition) is 2. The summed E-state index contributed by atoms with van der Waals surface area (Å²) in [7, 11) is 3.59. The number of rotatable bonds is 6. The number of anilines is 1. The van der Waals surface area contributed by atoms with Crippen LogP contribution in [0.15, 0.2) is 27.8 Å². The van der Waals surface area contributed by atoms with Crippen molar-refractivity contribution in [3.05, 3.63) is 49.1 Å². The number of hydrogen-bond acceptors (Lipinski definition) is 7. The normalized spacial score (nSPS) is 16.0. The molecule has 0 bridgehead atoms. The molecule has 2 N–H and O–H groups in total. The van der Waals surface area contributed by atoms with Crippen molar-refractivity contribution < 1.29 is 9.84 Å². The van der Waals surface area contributed by atoms with Crippen LogP contribution in [0.5, 0.6) is 5.75 Å². The Bertz CT molecular complexity index is 1250. The quantitative estimate of drug-likeness (QED) is 0.537. The van der Waals surface area contributed by atoms with Crippen molar-refractivity contribution in [3.8, 4) is 5.75 Å². The zero-order chi connectivity index (χ0) is 23.0. The van der Waals surface area contributed by atoms with Gasteiger partial charge in [0.05, 0.1) is 11.6 Å². The third-order valence-corrected chi connectivity index (χ3v) is 6.02. The highest BCUT2D eigenvalue weighted by Gasteiger charge is 2.25. The zero-order valence-electron chi connectivity index (χ0n) is 17.7. The highest BCUT2D eigenvalue weighted by atomic mass is 35.5. The van der Waals surface area contributed by atoms with Gasteiger partial charge in [-0.2, -0.15) is 4.98 Å². The second-order valence-electron chi connectivity index (χ2n) is 7.84. The van der Waals surface area contributed by atoms with Crippen molar-refractivity contribution in [3.63, 3.8) is 0 Å². The predicted molar refractivity (Wildman–Crippen MR) is 123 cm³/mol. The van der Waals surface area contributed by atoms with Crippen LogP contribution in [0.25, 0.3) is 11.2 Å². The molecule has 4 rings (SSSR count). The number of aliphatic hydroxyl groups is 1. The minimum Gasteiger partial charge on any atom is -0.489 e. The molecule has 0 amide bonds. The third-order valence-electron chi connectivity index (χ3n) is 5.49. The van der Waals surface area contributed by atoms with Crippen molar-refractivity contribution in [2.75, 3.05) is 44.7 Å². The molecule has 3 heterocycles. The lowest BCUT2D eigenvalue weighted by atomic mass is 10.3. The third kappa shape index (κ3) is 4.49. The maximum atomic E-state index is 12.7. The first-order valence-electron chi connectivity index (χ1n) is 10.1. The maximum Gasteiger partial charge on any atom is 0.329 e. The molecule has 0 spiro atoms. The molecule has 1 aromatic carbocycles. The van der Waals surface area contributed by atoms with Gasteiger partial charge in [0.25, 0.3) is 5.56 Å². The summed E-state index contributed by atoms with van der Waals surface area (Å²) in [5.74, 6) is 0.925. The Morgan fingerprint density at radius 3 is 2.59 bits per heavy atom. The topological polar surface area (TPSA) is 109 Å². The number of benzene rings is 1. The number of likely N-dealkylation sites (N-methyl/N-ethyl adjacent to an activating group) is 1. The number of halogens is 2. The molecule has 1 atom stereocenters. The average Bonchev–Trinajstić information content (AvgIpc) is 3.12. The van der Waals surface area contributed by atoms with Gasteiger partial charge >= 0.3 is 5.69 Å². The van der Waals surface area contributed by atoms with E-state index in [1.54, 1.807) is 29.8 Å². The van der Waals surface area contributed by atoms with E-state index in [0.29, 0.717) is 34.8 Å². The van der Waals surface area contributed by atoms with Crippen LogP contribution < -0.4 is 20.9 Å². The van der Waals surface area contributed by atoms with Crippen LogP contribution in [-0.2, 0) is 13.6 Å². The van der Waals surface area contributed by atoms with Crippen LogP contribution in [0.2, 0.25) is 10.0 Å². The lowest BCUT2D eigenvalue weighted by Gasteiger charge is -2.33. The van der Waals surface area contributed by atoms with Crippen LogP contribution in [0.1, 0.15) is 0 Å². The molecular weight excluding hydrogens is 459 g/mol. The van der Waals surface area contributed by atoms with Gasteiger partial charge < -0.3 is 24.2 Å². The van der Waals surface area contributed by atoms with Crippen LogP contribution in [-0.4, -0.2) is 75.0 Å². The van der Waals surface area contributed by atoms with Crippen molar-refractivity contribution >= 4 is 40.3 Å². The Kier molecular flexibility index (Phi) is 6.47. The smallest absolute Gasteiger partial charge is 0.329 e. The Hall–Kier alpha value is -2.53. The Labute approximate surface area is 193 Å². The van der Waals surface area contributed by atoms with Gasteiger partial charge in [0.1, 0.15) is 18.5 Å². The standard InChI is InChI=1S/C20H24Cl2N6O4/c1-25-5-7-27(8-6-25)19-23-17-16(18(30)24-20(31)26(17)2)28(19)10-13(29)11-32-15-4-3-12(21)9-14(15)22/h3-4,9,13,29H,5-8,10-11H2,1-2H3,(H,24,30,31)/t13-/m1/s1. The van der Waals surface area contributed by atoms with Crippen LogP contribution in [0, 0.1) is 0 Å². The summed E-state index contributed by atoms with van der Waals surface area (Å²) >= 11 is 12.0. The van der Waals surface area contributed by atoms with E-state index in [9.17, 15) is 14.7 Å².